The summed E-state index contributed by atoms with van der Waals surface area (Å²) >= 11 is 5.34. The molecule has 0 unspecified atom stereocenters. The van der Waals surface area contributed by atoms with E-state index in [1.165, 1.54) is 4.31 Å². The van der Waals surface area contributed by atoms with Gasteiger partial charge in [-0.3, -0.25) is 0 Å². The molecule has 0 amide bonds. The number of sulfonamides is 1. The summed E-state index contributed by atoms with van der Waals surface area (Å²) in [4.78, 5) is 0.261. The van der Waals surface area contributed by atoms with Crippen LogP contribution in [0, 0.1) is 0 Å². The van der Waals surface area contributed by atoms with Gasteiger partial charge in [0.05, 0.1) is 17.2 Å². The molecular formula is C19H25N3O3S2. The Balaban J connectivity index is 2.07. The third-order valence-electron chi connectivity index (χ3n) is 3.89. The van der Waals surface area contributed by atoms with E-state index in [9.17, 15) is 8.42 Å². The van der Waals surface area contributed by atoms with E-state index >= 15 is 0 Å². The van der Waals surface area contributed by atoms with Crippen molar-refractivity contribution in [3.63, 3.8) is 0 Å². The van der Waals surface area contributed by atoms with Gasteiger partial charge in [-0.2, -0.15) is 4.31 Å². The van der Waals surface area contributed by atoms with E-state index in [4.69, 9.17) is 17.0 Å². The Labute approximate surface area is 166 Å². The second kappa shape index (κ2) is 9.68. The van der Waals surface area contributed by atoms with Gasteiger partial charge in [-0.25, -0.2) is 8.42 Å². The van der Waals surface area contributed by atoms with Crippen molar-refractivity contribution in [2.75, 3.05) is 30.3 Å². The van der Waals surface area contributed by atoms with Crippen molar-refractivity contribution in [3.8, 4) is 5.75 Å². The minimum absolute atomic E-state index is 0.261. The molecule has 0 aliphatic carbocycles. The quantitative estimate of drug-likeness (QED) is 0.646. The van der Waals surface area contributed by atoms with Crippen LogP contribution in [-0.2, 0) is 10.0 Å². The highest BCUT2D eigenvalue weighted by Crippen LogP contribution is 2.24. The summed E-state index contributed by atoms with van der Waals surface area (Å²) in [5, 5.41) is 6.54. The van der Waals surface area contributed by atoms with Gasteiger partial charge in [0.2, 0.25) is 10.0 Å². The van der Waals surface area contributed by atoms with E-state index in [0.717, 1.165) is 5.69 Å². The Hall–Kier alpha value is -2.16. The van der Waals surface area contributed by atoms with Crippen LogP contribution in [0.4, 0.5) is 11.4 Å². The average Bonchev–Trinajstić information content (AvgIpc) is 2.65. The highest BCUT2D eigenvalue weighted by Gasteiger charge is 2.21. The van der Waals surface area contributed by atoms with Gasteiger partial charge in [0.1, 0.15) is 5.75 Å². The maximum atomic E-state index is 12.5. The summed E-state index contributed by atoms with van der Waals surface area (Å²) in [6, 6.07) is 14.1. The SMILES string of the molecule is CCOc1ccccc1NC(=S)Nc1ccc(S(=O)(=O)N(CC)CC)cc1. The van der Waals surface area contributed by atoms with Gasteiger partial charge < -0.3 is 15.4 Å². The number of hydrogen-bond acceptors (Lipinski definition) is 4. The van der Waals surface area contributed by atoms with Crippen molar-refractivity contribution < 1.29 is 13.2 Å². The van der Waals surface area contributed by atoms with E-state index in [-0.39, 0.29) is 4.90 Å². The molecule has 2 aromatic rings. The standard InChI is InChI=1S/C19H25N3O3S2/c1-4-22(5-2)27(23,24)16-13-11-15(12-14-16)20-19(26)21-17-9-7-8-10-18(17)25-6-3/h7-14H,4-6H2,1-3H3,(H2,20,21,26). The van der Waals surface area contributed by atoms with Crippen LogP contribution < -0.4 is 15.4 Å². The van der Waals surface area contributed by atoms with Crippen molar-refractivity contribution >= 4 is 38.7 Å². The fraction of sp³-hybridized carbons (Fsp3) is 0.316. The maximum Gasteiger partial charge on any atom is 0.243 e. The van der Waals surface area contributed by atoms with Crippen LogP contribution in [0.5, 0.6) is 5.75 Å². The number of nitrogens with zero attached hydrogens (tertiary/aromatic N) is 1. The lowest BCUT2D eigenvalue weighted by Gasteiger charge is -2.18. The normalized spacial score (nSPS) is 11.3. The predicted molar refractivity (Wildman–Crippen MR) is 114 cm³/mol. The largest absolute Gasteiger partial charge is 0.492 e. The molecule has 0 bridgehead atoms. The Bertz CT molecular complexity index is 864. The number of ether oxygens (including phenoxy) is 1. The number of thiocarbonyl (C=S) groups is 1. The molecule has 2 aromatic carbocycles. The molecular weight excluding hydrogens is 382 g/mol. The molecule has 0 aromatic heterocycles. The first kappa shape index (κ1) is 21.1. The summed E-state index contributed by atoms with van der Waals surface area (Å²) in [5.41, 5.74) is 1.46. The topological polar surface area (TPSA) is 70.7 Å². The maximum absolute atomic E-state index is 12.5. The molecule has 0 fully saturated rings. The van der Waals surface area contributed by atoms with E-state index in [1.54, 1.807) is 24.3 Å². The summed E-state index contributed by atoms with van der Waals surface area (Å²) in [6.45, 7) is 6.99. The van der Waals surface area contributed by atoms with Gasteiger partial charge in [0, 0.05) is 18.8 Å². The third-order valence-corrected chi connectivity index (χ3v) is 6.16. The van der Waals surface area contributed by atoms with Gasteiger partial charge >= 0.3 is 0 Å². The van der Waals surface area contributed by atoms with Crippen LogP contribution >= 0.6 is 12.2 Å². The van der Waals surface area contributed by atoms with E-state index in [2.05, 4.69) is 10.6 Å². The average molecular weight is 408 g/mol. The molecule has 146 valence electrons. The zero-order valence-electron chi connectivity index (χ0n) is 15.7. The molecule has 0 aliphatic heterocycles. The van der Waals surface area contributed by atoms with Gasteiger partial charge in [-0.05, 0) is 55.5 Å². The van der Waals surface area contributed by atoms with Crippen LogP contribution in [0.15, 0.2) is 53.4 Å². The summed E-state index contributed by atoms with van der Waals surface area (Å²) in [5.74, 6) is 0.713. The zero-order valence-corrected chi connectivity index (χ0v) is 17.4. The lowest BCUT2D eigenvalue weighted by Crippen LogP contribution is -2.30. The highest BCUT2D eigenvalue weighted by atomic mass is 32.2. The molecule has 0 radical (unpaired) electrons. The zero-order chi connectivity index (χ0) is 19.9. The lowest BCUT2D eigenvalue weighted by molar-refractivity contribution is 0.342. The molecule has 8 heteroatoms. The molecule has 2 N–H and O–H groups in total. The van der Waals surface area contributed by atoms with Crippen LogP contribution in [0.1, 0.15) is 20.8 Å². The molecule has 27 heavy (non-hydrogen) atoms. The third kappa shape index (κ3) is 5.41. The Morgan fingerprint density at radius 2 is 1.63 bits per heavy atom. The minimum Gasteiger partial charge on any atom is -0.492 e. The van der Waals surface area contributed by atoms with Crippen molar-refractivity contribution in [2.45, 2.75) is 25.7 Å². The van der Waals surface area contributed by atoms with E-state index in [0.29, 0.717) is 36.2 Å². The molecule has 0 heterocycles. The smallest absolute Gasteiger partial charge is 0.243 e. The van der Waals surface area contributed by atoms with E-state index in [1.807, 2.05) is 45.0 Å². The Kier molecular flexibility index (Phi) is 7.58. The van der Waals surface area contributed by atoms with E-state index < -0.39 is 10.0 Å². The Morgan fingerprint density at radius 1 is 1.00 bits per heavy atom. The molecule has 0 atom stereocenters. The predicted octanol–water partition coefficient (Wildman–Crippen LogP) is 3.92. The number of anilines is 2. The summed E-state index contributed by atoms with van der Waals surface area (Å²) < 4.78 is 32.0. The van der Waals surface area contributed by atoms with Gasteiger partial charge in [0.25, 0.3) is 0 Å². The van der Waals surface area contributed by atoms with Crippen molar-refractivity contribution in [1.29, 1.82) is 0 Å². The molecule has 0 aliphatic rings. The second-order valence-corrected chi connectivity index (χ2v) is 7.97. The summed E-state index contributed by atoms with van der Waals surface area (Å²) in [7, 11) is -3.47. The molecule has 0 saturated heterocycles. The Morgan fingerprint density at radius 3 is 2.22 bits per heavy atom. The highest BCUT2D eigenvalue weighted by molar-refractivity contribution is 7.89. The van der Waals surface area contributed by atoms with Gasteiger partial charge in [-0.1, -0.05) is 26.0 Å². The molecule has 2 rings (SSSR count). The van der Waals surface area contributed by atoms with Gasteiger partial charge in [-0.15, -0.1) is 0 Å². The second-order valence-electron chi connectivity index (χ2n) is 5.62. The van der Waals surface area contributed by atoms with Gasteiger partial charge in [0.15, 0.2) is 5.11 Å². The minimum atomic E-state index is -3.47. The monoisotopic (exact) mass is 407 g/mol. The molecule has 0 spiro atoms. The van der Waals surface area contributed by atoms with Crippen LogP contribution in [0.25, 0.3) is 0 Å². The molecule has 6 nitrogen and oxygen atoms in total. The number of rotatable bonds is 8. The fourth-order valence-electron chi connectivity index (χ4n) is 2.56. The van der Waals surface area contributed by atoms with Crippen molar-refractivity contribution in [1.82, 2.24) is 4.31 Å². The number of para-hydroxylation sites is 2. The van der Waals surface area contributed by atoms with Crippen LogP contribution in [0.3, 0.4) is 0 Å². The number of benzene rings is 2. The first-order valence-electron chi connectivity index (χ1n) is 8.82. The van der Waals surface area contributed by atoms with Crippen molar-refractivity contribution in [3.05, 3.63) is 48.5 Å². The van der Waals surface area contributed by atoms with Crippen LogP contribution in [-0.4, -0.2) is 37.5 Å². The first-order chi connectivity index (χ1) is 12.9. The number of nitrogens with one attached hydrogen (secondary N) is 2. The summed E-state index contributed by atoms with van der Waals surface area (Å²) in [6.07, 6.45) is 0. The van der Waals surface area contributed by atoms with Crippen molar-refractivity contribution in [2.24, 2.45) is 0 Å². The first-order valence-corrected chi connectivity index (χ1v) is 10.7. The van der Waals surface area contributed by atoms with Crippen LogP contribution in [0.2, 0.25) is 0 Å². The lowest BCUT2D eigenvalue weighted by atomic mass is 10.3. The number of hydrogen-bond donors (Lipinski definition) is 2. The fourth-order valence-corrected chi connectivity index (χ4v) is 4.24. The molecule has 0 saturated carbocycles.